The smallest absolute Gasteiger partial charge is 0.326 e. The number of benzene rings is 1. The third kappa shape index (κ3) is 12.2. The van der Waals surface area contributed by atoms with E-state index in [9.17, 15) is 33.9 Å². The molecule has 13 nitrogen and oxygen atoms in total. The Hall–Kier alpha value is -3.65. The molecule has 4 atom stereocenters. The van der Waals surface area contributed by atoms with Crippen LogP contribution in [0.2, 0.25) is 0 Å². The Kier molecular flexibility index (Phi) is 13.7. The van der Waals surface area contributed by atoms with Gasteiger partial charge in [0.25, 0.3) is 0 Å². The minimum atomic E-state index is -1.44. The zero-order valence-corrected chi connectivity index (χ0v) is 21.3. The molecule has 0 aliphatic heterocycles. The summed E-state index contributed by atoms with van der Waals surface area (Å²) in [4.78, 5) is 72.7. The number of rotatable bonds is 17. The molecule has 1 aromatic carbocycles. The minimum absolute atomic E-state index is 0.0367. The molecule has 37 heavy (non-hydrogen) atoms. The Bertz CT molecular complexity index is 962. The number of hydrogen-bond acceptors (Lipinski definition) is 8. The summed E-state index contributed by atoms with van der Waals surface area (Å²) in [5.74, 6) is -4.82. The van der Waals surface area contributed by atoms with E-state index in [0.29, 0.717) is 17.7 Å². The number of aliphatic carboxylic acids is 1. The van der Waals surface area contributed by atoms with E-state index in [1.54, 1.807) is 30.3 Å². The number of amides is 5. The molecular formula is C23H34N6O7S. The molecule has 0 saturated heterocycles. The summed E-state index contributed by atoms with van der Waals surface area (Å²) >= 11 is 1.48. The van der Waals surface area contributed by atoms with E-state index in [-0.39, 0.29) is 19.3 Å². The van der Waals surface area contributed by atoms with E-state index in [2.05, 4.69) is 16.0 Å². The summed E-state index contributed by atoms with van der Waals surface area (Å²) in [6, 6.07) is 3.50. The van der Waals surface area contributed by atoms with Crippen molar-refractivity contribution in [2.45, 2.75) is 56.3 Å². The Morgan fingerprint density at radius 2 is 1.41 bits per heavy atom. The fourth-order valence-electron chi connectivity index (χ4n) is 3.21. The largest absolute Gasteiger partial charge is 0.480 e. The number of carboxylic acid groups (broad SMARTS) is 1. The van der Waals surface area contributed by atoms with Crippen LogP contribution in [0.3, 0.4) is 0 Å². The van der Waals surface area contributed by atoms with Gasteiger partial charge in [0.15, 0.2) is 0 Å². The topological polar surface area (TPSA) is 237 Å². The summed E-state index contributed by atoms with van der Waals surface area (Å²) in [5.41, 5.74) is 16.8. The van der Waals surface area contributed by atoms with E-state index in [1.165, 1.54) is 11.8 Å². The maximum absolute atomic E-state index is 13.1. The molecule has 14 heteroatoms. The molecule has 0 spiro atoms. The molecule has 10 N–H and O–H groups in total. The molecule has 0 aromatic heterocycles. The molecule has 0 bridgehead atoms. The van der Waals surface area contributed by atoms with Crippen LogP contribution in [0.1, 0.15) is 31.2 Å². The van der Waals surface area contributed by atoms with Crippen molar-refractivity contribution in [1.29, 1.82) is 0 Å². The van der Waals surface area contributed by atoms with Gasteiger partial charge in [-0.15, -0.1) is 0 Å². The number of hydrogen-bond donors (Lipinski definition) is 7. The quantitative estimate of drug-likeness (QED) is 0.116. The van der Waals surface area contributed by atoms with Crippen molar-refractivity contribution >= 4 is 47.3 Å². The fraction of sp³-hybridized carbons (Fsp3) is 0.478. The van der Waals surface area contributed by atoms with Gasteiger partial charge in [0.2, 0.25) is 29.5 Å². The molecule has 0 saturated carbocycles. The van der Waals surface area contributed by atoms with Crippen molar-refractivity contribution in [3.63, 3.8) is 0 Å². The van der Waals surface area contributed by atoms with Gasteiger partial charge in [0.05, 0.1) is 12.5 Å². The first kappa shape index (κ1) is 31.4. The summed E-state index contributed by atoms with van der Waals surface area (Å²) in [6.45, 7) is 0. The maximum atomic E-state index is 13.1. The number of carbonyl (C=O) groups excluding carboxylic acids is 5. The summed E-state index contributed by atoms with van der Waals surface area (Å²) in [5, 5.41) is 16.6. The van der Waals surface area contributed by atoms with Gasteiger partial charge >= 0.3 is 5.97 Å². The zero-order chi connectivity index (χ0) is 28.0. The van der Waals surface area contributed by atoms with Crippen LogP contribution in [0.15, 0.2) is 30.3 Å². The van der Waals surface area contributed by atoms with Crippen LogP contribution in [0.25, 0.3) is 0 Å². The van der Waals surface area contributed by atoms with Crippen LogP contribution in [0.4, 0.5) is 0 Å². The van der Waals surface area contributed by atoms with E-state index in [0.717, 1.165) is 0 Å². The van der Waals surface area contributed by atoms with Crippen molar-refractivity contribution in [2.75, 3.05) is 12.0 Å². The molecule has 0 heterocycles. The van der Waals surface area contributed by atoms with Crippen molar-refractivity contribution < 1.29 is 33.9 Å². The first-order valence-electron chi connectivity index (χ1n) is 11.4. The molecular weight excluding hydrogens is 504 g/mol. The van der Waals surface area contributed by atoms with Gasteiger partial charge in [-0.2, -0.15) is 11.8 Å². The first-order chi connectivity index (χ1) is 17.4. The standard InChI is InChI=1S/C23H34N6O7S/c1-37-10-9-14(24)20(32)28-17(12-19(26)31)22(34)29-16(11-13-5-3-2-4-6-13)21(33)27-15(23(35)36)7-8-18(25)30/h2-6,14-17H,7-12,24H2,1H3,(H2,25,30)(H2,26,31)(H,27,33)(H,28,32)(H,29,34)(H,35,36). The number of carbonyl (C=O) groups is 6. The van der Waals surface area contributed by atoms with Crippen molar-refractivity contribution in [3.8, 4) is 0 Å². The number of nitrogens with one attached hydrogen (secondary N) is 3. The number of thioether (sulfide) groups is 1. The number of primary amides is 2. The van der Waals surface area contributed by atoms with Crippen molar-refractivity contribution in [1.82, 2.24) is 16.0 Å². The van der Waals surface area contributed by atoms with Crippen LogP contribution >= 0.6 is 11.8 Å². The first-order valence-corrected chi connectivity index (χ1v) is 12.8. The fourth-order valence-corrected chi connectivity index (χ4v) is 3.70. The predicted octanol–water partition coefficient (Wildman–Crippen LogP) is -2.01. The molecule has 1 aromatic rings. The van der Waals surface area contributed by atoms with Crippen LogP contribution in [0.5, 0.6) is 0 Å². The highest BCUT2D eigenvalue weighted by Crippen LogP contribution is 2.07. The lowest BCUT2D eigenvalue weighted by Gasteiger charge is -2.25. The Labute approximate surface area is 218 Å². The highest BCUT2D eigenvalue weighted by molar-refractivity contribution is 7.98. The zero-order valence-electron chi connectivity index (χ0n) is 20.5. The Balaban J connectivity index is 3.10. The highest BCUT2D eigenvalue weighted by Gasteiger charge is 2.31. The summed E-state index contributed by atoms with van der Waals surface area (Å²) < 4.78 is 0. The van der Waals surface area contributed by atoms with E-state index in [1.807, 2.05) is 6.26 Å². The van der Waals surface area contributed by atoms with Gasteiger partial charge in [0, 0.05) is 12.8 Å². The molecule has 0 aliphatic rings. The second kappa shape index (κ2) is 16.2. The van der Waals surface area contributed by atoms with E-state index < -0.39 is 66.1 Å². The van der Waals surface area contributed by atoms with Gasteiger partial charge < -0.3 is 38.3 Å². The molecule has 1 rings (SSSR count). The highest BCUT2D eigenvalue weighted by atomic mass is 32.2. The monoisotopic (exact) mass is 538 g/mol. The molecule has 0 fully saturated rings. The third-order valence-corrected chi connectivity index (χ3v) is 5.86. The lowest BCUT2D eigenvalue weighted by Crippen LogP contribution is -2.58. The maximum Gasteiger partial charge on any atom is 0.326 e. The predicted molar refractivity (Wildman–Crippen MR) is 137 cm³/mol. The van der Waals surface area contributed by atoms with Crippen molar-refractivity contribution in [3.05, 3.63) is 35.9 Å². The van der Waals surface area contributed by atoms with Crippen LogP contribution in [-0.4, -0.2) is 76.8 Å². The van der Waals surface area contributed by atoms with E-state index >= 15 is 0 Å². The minimum Gasteiger partial charge on any atom is -0.480 e. The summed E-state index contributed by atoms with van der Waals surface area (Å²) in [7, 11) is 0. The molecule has 204 valence electrons. The van der Waals surface area contributed by atoms with Crippen LogP contribution < -0.4 is 33.2 Å². The lowest BCUT2D eigenvalue weighted by molar-refractivity contribution is -0.142. The Morgan fingerprint density at radius 3 is 1.95 bits per heavy atom. The van der Waals surface area contributed by atoms with Gasteiger partial charge in [-0.1, -0.05) is 30.3 Å². The molecule has 0 aliphatic carbocycles. The number of carboxylic acids is 1. The van der Waals surface area contributed by atoms with E-state index in [4.69, 9.17) is 17.2 Å². The summed E-state index contributed by atoms with van der Waals surface area (Å²) in [6.07, 6.45) is 1.05. The molecule has 0 radical (unpaired) electrons. The van der Waals surface area contributed by atoms with Gasteiger partial charge in [-0.25, -0.2) is 4.79 Å². The second-order valence-corrected chi connectivity index (χ2v) is 9.26. The molecule has 5 amide bonds. The van der Waals surface area contributed by atoms with Crippen LogP contribution in [0, 0.1) is 0 Å². The Morgan fingerprint density at radius 1 is 0.838 bits per heavy atom. The lowest BCUT2D eigenvalue weighted by atomic mass is 10.0. The average Bonchev–Trinajstić information content (AvgIpc) is 2.83. The van der Waals surface area contributed by atoms with Gasteiger partial charge in [-0.3, -0.25) is 24.0 Å². The third-order valence-electron chi connectivity index (χ3n) is 5.22. The normalized spacial score (nSPS) is 13.9. The van der Waals surface area contributed by atoms with Crippen molar-refractivity contribution in [2.24, 2.45) is 17.2 Å². The average molecular weight is 539 g/mol. The van der Waals surface area contributed by atoms with Crippen LogP contribution in [-0.2, 0) is 35.2 Å². The SMILES string of the molecule is CSCCC(N)C(=O)NC(CC(N)=O)C(=O)NC(Cc1ccccc1)C(=O)NC(CCC(N)=O)C(=O)O. The number of nitrogens with two attached hydrogens (primary N) is 3. The van der Waals surface area contributed by atoms with Gasteiger partial charge in [-0.05, 0) is 30.4 Å². The molecule has 4 unspecified atom stereocenters. The van der Waals surface area contributed by atoms with Gasteiger partial charge in [0.1, 0.15) is 18.1 Å². The second-order valence-electron chi connectivity index (χ2n) is 8.27.